The highest BCUT2D eigenvalue weighted by molar-refractivity contribution is 9.10. The van der Waals surface area contributed by atoms with Crippen molar-refractivity contribution in [2.75, 3.05) is 6.79 Å². The number of ether oxygens (including phenoxy) is 3. The number of nitrogens with two attached hydrogens (primary N) is 1. The minimum atomic E-state index is -0.295. The van der Waals surface area contributed by atoms with Gasteiger partial charge in [0.2, 0.25) is 6.79 Å². The maximum atomic E-state index is 13.1. The van der Waals surface area contributed by atoms with E-state index in [-0.39, 0.29) is 12.6 Å². The Morgan fingerprint density at radius 3 is 2.62 bits per heavy atom. The van der Waals surface area contributed by atoms with Crippen LogP contribution in [-0.2, 0) is 13.2 Å². The van der Waals surface area contributed by atoms with E-state index in [0.29, 0.717) is 34.9 Å². The molecular weight excluding hydrogens is 341 g/mol. The first-order chi connectivity index (χ1) is 10.2. The van der Waals surface area contributed by atoms with Gasteiger partial charge in [0.1, 0.15) is 18.2 Å². The Hall–Kier alpha value is -1.79. The Labute approximate surface area is 129 Å². The Balaban J connectivity index is 1.81. The molecule has 0 bridgehead atoms. The highest BCUT2D eigenvalue weighted by atomic mass is 79.9. The Bertz CT molecular complexity index is 678. The number of hydrogen-bond donors (Lipinski definition) is 1. The van der Waals surface area contributed by atoms with E-state index in [1.807, 2.05) is 6.07 Å². The van der Waals surface area contributed by atoms with Crippen molar-refractivity contribution in [3.8, 4) is 17.2 Å². The van der Waals surface area contributed by atoms with Gasteiger partial charge in [-0.15, -0.1) is 0 Å². The van der Waals surface area contributed by atoms with Gasteiger partial charge in [0.25, 0.3) is 0 Å². The average Bonchev–Trinajstić information content (AvgIpc) is 2.92. The van der Waals surface area contributed by atoms with Crippen LogP contribution in [0.5, 0.6) is 17.2 Å². The number of hydrogen-bond acceptors (Lipinski definition) is 4. The molecule has 3 rings (SSSR count). The fraction of sp³-hybridized carbons (Fsp3) is 0.200. The molecule has 21 heavy (non-hydrogen) atoms. The van der Waals surface area contributed by atoms with E-state index in [0.717, 1.165) is 11.1 Å². The Morgan fingerprint density at radius 2 is 1.90 bits per heavy atom. The zero-order chi connectivity index (χ0) is 14.8. The third-order valence-electron chi connectivity index (χ3n) is 3.17. The molecule has 0 spiro atoms. The van der Waals surface area contributed by atoms with Crippen molar-refractivity contribution in [1.82, 2.24) is 0 Å². The molecule has 0 amide bonds. The molecule has 0 aromatic heterocycles. The molecule has 4 nitrogen and oxygen atoms in total. The van der Waals surface area contributed by atoms with Crippen molar-refractivity contribution in [3.63, 3.8) is 0 Å². The van der Waals surface area contributed by atoms with Gasteiger partial charge in [0.05, 0.1) is 0 Å². The van der Waals surface area contributed by atoms with E-state index >= 15 is 0 Å². The van der Waals surface area contributed by atoms with E-state index in [4.69, 9.17) is 19.9 Å². The molecule has 2 aromatic rings. The van der Waals surface area contributed by atoms with E-state index in [2.05, 4.69) is 15.9 Å². The van der Waals surface area contributed by atoms with Crippen molar-refractivity contribution in [2.24, 2.45) is 5.73 Å². The maximum absolute atomic E-state index is 13.1. The van der Waals surface area contributed by atoms with Crippen molar-refractivity contribution >= 4 is 15.9 Å². The molecule has 0 unspecified atom stereocenters. The molecule has 0 fully saturated rings. The topological polar surface area (TPSA) is 53.7 Å². The molecule has 1 aliphatic rings. The Kier molecular flexibility index (Phi) is 3.98. The molecule has 110 valence electrons. The van der Waals surface area contributed by atoms with E-state index < -0.39 is 0 Å². The van der Waals surface area contributed by atoms with E-state index in [9.17, 15) is 4.39 Å². The van der Waals surface area contributed by atoms with Crippen LogP contribution in [0.25, 0.3) is 0 Å². The van der Waals surface area contributed by atoms with Crippen LogP contribution < -0.4 is 19.9 Å². The monoisotopic (exact) mass is 353 g/mol. The van der Waals surface area contributed by atoms with Gasteiger partial charge in [-0.3, -0.25) is 0 Å². The highest BCUT2D eigenvalue weighted by Crippen LogP contribution is 2.38. The summed E-state index contributed by atoms with van der Waals surface area (Å²) in [5, 5.41) is 0. The number of fused-ring (bicyclic) bond motifs is 1. The van der Waals surface area contributed by atoms with Crippen LogP contribution in [0.1, 0.15) is 11.1 Å². The highest BCUT2D eigenvalue weighted by Gasteiger charge is 2.17. The average molecular weight is 354 g/mol. The molecule has 1 aliphatic heterocycles. The quantitative estimate of drug-likeness (QED) is 0.915. The van der Waals surface area contributed by atoms with Crippen LogP contribution in [0.15, 0.2) is 34.8 Å². The van der Waals surface area contributed by atoms with Gasteiger partial charge in [-0.2, -0.15) is 0 Å². The minimum Gasteiger partial charge on any atom is -0.488 e. The first-order valence-corrected chi connectivity index (χ1v) is 7.16. The van der Waals surface area contributed by atoms with Gasteiger partial charge in [-0.05, 0) is 18.2 Å². The summed E-state index contributed by atoms with van der Waals surface area (Å²) in [4.78, 5) is 0. The normalized spacial score (nSPS) is 12.5. The fourth-order valence-electron chi connectivity index (χ4n) is 2.05. The first-order valence-electron chi connectivity index (χ1n) is 6.36. The second-order valence-corrected chi connectivity index (χ2v) is 5.40. The lowest BCUT2D eigenvalue weighted by atomic mass is 10.1. The Morgan fingerprint density at radius 1 is 1.14 bits per heavy atom. The summed E-state index contributed by atoms with van der Waals surface area (Å²) >= 11 is 3.32. The molecule has 6 heteroatoms. The molecular formula is C15H13BrFNO3. The number of benzene rings is 2. The van der Waals surface area contributed by atoms with Crippen LogP contribution in [0.4, 0.5) is 4.39 Å². The summed E-state index contributed by atoms with van der Waals surface area (Å²) in [7, 11) is 0. The van der Waals surface area contributed by atoms with Crippen LogP contribution >= 0.6 is 15.9 Å². The van der Waals surface area contributed by atoms with Crippen molar-refractivity contribution in [2.45, 2.75) is 13.2 Å². The van der Waals surface area contributed by atoms with Crippen LogP contribution in [-0.4, -0.2) is 6.79 Å². The summed E-state index contributed by atoms with van der Waals surface area (Å²) in [6, 6.07) is 8.06. The molecule has 0 atom stereocenters. The molecule has 0 saturated carbocycles. The lowest BCUT2D eigenvalue weighted by Gasteiger charge is -2.12. The smallest absolute Gasteiger partial charge is 0.231 e. The maximum Gasteiger partial charge on any atom is 0.231 e. The summed E-state index contributed by atoms with van der Waals surface area (Å²) in [6.07, 6.45) is 0. The SMILES string of the molecule is NCc1cc2c(cc1OCc1ccc(F)cc1Br)OCO2. The predicted molar refractivity (Wildman–Crippen MR) is 78.9 cm³/mol. The van der Waals surface area contributed by atoms with Gasteiger partial charge in [0.15, 0.2) is 11.5 Å². The molecule has 2 N–H and O–H groups in total. The predicted octanol–water partition coefficient (Wildman–Crippen LogP) is 3.35. The lowest BCUT2D eigenvalue weighted by molar-refractivity contribution is 0.173. The minimum absolute atomic E-state index is 0.201. The van der Waals surface area contributed by atoms with Crippen molar-refractivity contribution in [1.29, 1.82) is 0 Å². The largest absolute Gasteiger partial charge is 0.488 e. The molecule has 0 aliphatic carbocycles. The van der Waals surface area contributed by atoms with Gasteiger partial charge in [-0.25, -0.2) is 4.39 Å². The van der Waals surface area contributed by atoms with Crippen molar-refractivity contribution < 1.29 is 18.6 Å². The molecule has 0 saturated heterocycles. The third kappa shape index (κ3) is 2.96. The van der Waals surface area contributed by atoms with Gasteiger partial charge >= 0.3 is 0 Å². The third-order valence-corrected chi connectivity index (χ3v) is 3.91. The van der Waals surface area contributed by atoms with Gasteiger partial charge in [0, 0.05) is 28.2 Å². The summed E-state index contributed by atoms with van der Waals surface area (Å²) < 4.78 is 30.2. The summed E-state index contributed by atoms with van der Waals surface area (Å²) in [5.41, 5.74) is 7.40. The zero-order valence-corrected chi connectivity index (χ0v) is 12.7. The molecule has 2 aromatic carbocycles. The summed E-state index contributed by atoms with van der Waals surface area (Å²) in [6.45, 7) is 0.830. The van der Waals surface area contributed by atoms with E-state index in [1.165, 1.54) is 12.1 Å². The number of rotatable bonds is 4. The van der Waals surface area contributed by atoms with Gasteiger partial charge < -0.3 is 19.9 Å². The van der Waals surface area contributed by atoms with Crippen molar-refractivity contribution in [3.05, 3.63) is 51.7 Å². The van der Waals surface area contributed by atoms with Crippen LogP contribution in [0.3, 0.4) is 0 Å². The second-order valence-electron chi connectivity index (χ2n) is 4.54. The lowest BCUT2D eigenvalue weighted by Crippen LogP contribution is -2.03. The molecule has 1 heterocycles. The van der Waals surface area contributed by atoms with Crippen LogP contribution in [0, 0.1) is 5.82 Å². The van der Waals surface area contributed by atoms with Gasteiger partial charge in [-0.1, -0.05) is 22.0 Å². The standard InChI is InChI=1S/C15H13BrFNO3/c16-12-4-11(17)2-1-9(12)7-19-13-5-15-14(20-8-21-15)3-10(13)6-18/h1-5H,6-8,18H2. The summed E-state index contributed by atoms with van der Waals surface area (Å²) in [5.74, 6) is 1.65. The van der Waals surface area contributed by atoms with Crippen LogP contribution in [0.2, 0.25) is 0 Å². The first kappa shape index (κ1) is 14.2. The second kappa shape index (κ2) is 5.91. The van der Waals surface area contributed by atoms with E-state index in [1.54, 1.807) is 12.1 Å². The number of halogens is 2. The zero-order valence-electron chi connectivity index (χ0n) is 11.1. The molecule has 0 radical (unpaired) electrons. The fourth-order valence-corrected chi connectivity index (χ4v) is 2.52.